The summed E-state index contributed by atoms with van der Waals surface area (Å²) in [6, 6.07) is 1.84. The van der Waals surface area contributed by atoms with Gasteiger partial charge in [0.1, 0.15) is 4.01 Å². The molecule has 0 spiro atoms. The summed E-state index contributed by atoms with van der Waals surface area (Å²) in [6.07, 6.45) is 2.42. The average Bonchev–Trinajstić information content (AvgIpc) is 3.15. The molecule has 0 saturated carbocycles. The second-order valence-corrected chi connectivity index (χ2v) is 7.23. The van der Waals surface area contributed by atoms with Gasteiger partial charge in [0.05, 0.1) is 5.52 Å². The van der Waals surface area contributed by atoms with Gasteiger partial charge >= 0.3 is 6.03 Å². The van der Waals surface area contributed by atoms with Crippen LogP contribution in [0.2, 0.25) is 0 Å². The number of thiophene rings is 1. The Morgan fingerprint density at radius 2 is 2.36 bits per heavy atom. The molecule has 1 aliphatic heterocycles. The van der Waals surface area contributed by atoms with Gasteiger partial charge in [-0.3, -0.25) is 5.32 Å². The van der Waals surface area contributed by atoms with Crippen LogP contribution in [0.3, 0.4) is 0 Å². The average molecular weight is 335 g/mol. The molecule has 0 saturated heterocycles. The molecular weight excluding hydrogens is 322 g/mol. The van der Waals surface area contributed by atoms with Crippen LogP contribution in [0.15, 0.2) is 11.4 Å². The lowest BCUT2D eigenvalue weighted by atomic mass is 10.1. The lowest BCUT2D eigenvalue weighted by molar-refractivity contribution is 0.246. The number of tetrazole rings is 1. The topological polar surface area (TPSA) is 97.6 Å². The van der Waals surface area contributed by atoms with Gasteiger partial charge in [-0.15, -0.1) is 16.4 Å². The zero-order valence-electron chi connectivity index (χ0n) is 11.5. The molecule has 4 heterocycles. The molecule has 3 aromatic heterocycles. The molecule has 3 aromatic rings. The van der Waals surface area contributed by atoms with Crippen molar-refractivity contribution in [1.29, 1.82) is 0 Å². The van der Waals surface area contributed by atoms with E-state index in [1.54, 1.807) is 16.0 Å². The van der Waals surface area contributed by atoms with Gasteiger partial charge in [0.15, 0.2) is 11.0 Å². The molecule has 22 heavy (non-hydrogen) atoms. The van der Waals surface area contributed by atoms with E-state index in [-0.39, 0.29) is 12.1 Å². The van der Waals surface area contributed by atoms with Gasteiger partial charge in [-0.1, -0.05) is 11.3 Å². The Bertz CT molecular complexity index is 756. The number of thiazole rings is 1. The Hall–Kier alpha value is -2.07. The number of amides is 2. The summed E-state index contributed by atoms with van der Waals surface area (Å²) in [6.45, 7) is 0.722. The van der Waals surface area contributed by atoms with Crippen molar-refractivity contribution in [1.82, 2.24) is 30.5 Å². The Balaban J connectivity index is 1.36. The zero-order valence-corrected chi connectivity index (χ0v) is 13.2. The second-order valence-electron chi connectivity index (χ2n) is 5.05. The number of urea groups is 1. The molecule has 1 atom stereocenters. The number of hydrogen-bond acceptors (Lipinski definition) is 7. The van der Waals surface area contributed by atoms with E-state index in [4.69, 9.17) is 0 Å². The minimum atomic E-state index is -0.211. The third-order valence-electron chi connectivity index (χ3n) is 3.59. The fraction of sp³-hybridized carbons (Fsp3) is 0.417. The largest absolute Gasteiger partial charge is 0.335 e. The van der Waals surface area contributed by atoms with E-state index in [0.29, 0.717) is 5.13 Å². The van der Waals surface area contributed by atoms with Crippen molar-refractivity contribution < 1.29 is 4.79 Å². The van der Waals surface area contributed by atoms with Gasteiger partial charge in [-0.25, -0.2) is 14.5 Å². The van der Waals surface area contributed by atoms with Crippen LogP contribution in [0.25, 0.3) is 9.53 Å². The Morgan fingerprint density at radius 3 is 3.27 bits per heavy atom. The van der Waals surface area contributed by atoms with Gasteiger partial charge in [0.2, 0.25) is 0 Å². The maximum absolute atomic E-state index is 12.1. The minimum Gasteiger partial charge on any atom is -0.335 e. The first kappa shape index (κ1) is 13.6. The van der Waals surface area contributed by atoms with Crippen LogP contribution >= 0.6 is 22.7 Å². The Labute approximate surface area is 133 Å². The van der Waals surface area contributed by atoms with Crippen LogP contribution in [0.5, 0.6) is 0 Å². The summed E-state index contributed by atoms with van der Waals surface area (Å²) >= 11 is 3.12. The molecule has 1 unspecified atom stereocenters. The number of carbonyl (C=O) groups excluding carboxylic acids is 1. The predicted molar refractivity (Wildman–Crippen MR) is 84.2 cm³/mol. The molecule has 0 aromatic carbocycles. The normalized spacial score (nSPS) is 17.9. The third-order valence-corrected chi connectivity index (χ3v) is 5.60. The number of carbonyl (C=O) groups is 1. The third kappa shape index (κ3) is 2.66. The maximum atomic E-state index is 12.1. The van der Waals surface area contributed by atoms with E-state index < -0.39 is 0 Å². The first-order valence-electron chi connectivity index (χ1n) is 6.94. The SMILES string of the molecule is O=C(Nc1nc2ccsc2s1)NC1CCc2nnnn2CC1. The molecular formula is C12H13N7OS2. The van der Waals surface area contributed by atoms with Crippen LogP contribution in [-0.2, 0) is 13.0 Å². The van der Waals surface area contributed by atoms with Gasteiger partial charge in [-0.2, -0.15) is 0 Å². The van der Waals surface area contributed by atoms with Gasteiger partial charge < -0.3 is 5.32 Å². The molecule has 2 amide bonds. The first-order chi connectivity index (χ1) is 10.8. The molecule has 0 bridgehead atoms. The number of aryl methyl sites for hydroxylation is 2. The highest BCUT2D eigenvalue weighted by Crippen LogP contribution is 2.30. The monoisotopic (exact) mass is 335 g/mol. The lowest BCUT2D eigenvalue weighted by Crippen LogP contribution is -2.38. The fourth-order valence-electron chi connectivity index (χ4n) is 2.49. The summed E-state index contributed by atoms with van der Waals surface area (Å²) in [7, 11) is 0. The minimum absolute atomic E-state index is 0.101. The van der Waals surface area contributed by atoms with Crippen molar-refractivity contribution in [3.63, 3.8) is 0 Å². The van der Waals surface area contributed by atoms with E-state index in [0.717, 1.165) is 41.2 Å². The fourth-order valence-corrected chi connectivity index (χ4v) is 4.32. The van der Waals surface area contributed by atoms with Gasteiger partial charge in [0, 0.05) is 19.0 Å². The van der Waals surface area contributed by atoms with Crippen LogP contribution in [0.4, 0.5) is 9.93 Å². The summed E-state index contributed by atoms with van der Waals surface area (Å²) < 4.78 is 2.92. The van der Waals surface area contributed by atoms with Crippen molar-refractivity contribution in [2.75, 3.05) is 5.32 Å². The van der Waals surface area contributed by atoms with Crippen molar-refractivity contribution in [3.05, 3.63) is 17.3 Å². The van der Waals surface area contributed by atoms with Crippen molar-refractivity contribution in [3.8, 4) is 0 Å². The molecule has 10 heteroatoms. The van der Waals surface area contributed by atoms with Gasteiger partial charge in [-0.05, 0) is 34.7 Å². The molecule has 4 rings (SSSR count). The molecule has 8 nitrogen and oxygen atoms in total. The maximum Gasteiger partial charge on any atom is 0.321 e. The van der Waals surface area contributed by atoms with Crippen LogP contribution < -0.4 is 10.6 Å². The summed E-state index contributed by atoms with van der Waals surface area (Å²) in [5.41, 5.74) is 0.934. The second kappa shape index (κ2) is 5.61. The molecule has 114 valence electrons. The summed E-state index contributed by atoms with van der Waals surface area (Å²) in [4.78, 5) is 16.5. The highest BCUT2D eigenvalue weighted by Gasteiger charge is 2.20. The summed E-state index contributed by atoms with van der Waals surface area (Å²) in [5.74, 6) is 0.880. The standard InChI is InChI=1S/C12H13N7OS2/c20-11(15-12-14-8-4-6-21-10(8)22-12)13-7-1-2-9-16-17-18-19(9)5-3-7/h4,6-7H,1-3,5H2,(H2,13,14,15,20). The number of hydrogen-bond donors (Lipinski definition) is 2. The van der Waals surface area contributed by atoms with Crippen molar-refractivity contribution >= 4 is 43.4 Å². The number of rotatable bonds is 2. The number of nitrogens with zero attached hydrogens (tertiary/aromatic N) is 5. The molecule has 0 aliphatic carbocycles. The summed E-state index contributed by atoms with van der Waals surface area (Å²) in [5, 5.41) is 20.0. The predicted octanol–water partition coefficient (Wildman–Crippen LogP) is 1.87. The number of anilines is 1. The Kier molecular flexibility index (Phi) is 3.47. The number of nitrogens with one attached hydrogen (secondary N) is 2. The van der Waals surface area contributed by atoms with E-state index in [1.807, 2.05) is 11.4 Å². The quantitative estimate of drug-likeness (QED) is 0.745. The molecule has 2 N–H and O–H groups in total. The molecule has 1 aliphatic rings. The van der Waals surface area contributed by atoms with Crippen LogP contribution in [-0.4, -0.2) is 37.3 Å². The lowest BCUT2D eigenvalue weighted by Gasteiger charge is -2.15. The number of fused-ring (bicyclic) bond motifs is 2. The van der Waals surface area contributed by atoms with Crippen molar-refractivity contribution in [2.24, 2.45) is 0 Å². The highest BCUT2D eigenvalue weighted by molar-refractivity contribution is 7.39. The van der Waals surface area contributed by atoms with E-state index in [9.17, 15) is 4.79 Å². The molecule has 0 radical (unpaired) electrons. The highest BCUT2D eigenvalue weighted by atomic mass is 32.2. The molecule has 0 fully saturated rings. The Morgan fingerprint density at radius 1 is 1.41 bits per heavy atom. The van der Waals surface area contributed by atoms with Crippen LogP contribution in [0.1, 0.15) is 18.7 Å². The van der Waals surface area contributed by atoms with E-state index >= 15 is 0 Å². The van der Waals surface area contributed by atoms with Crippen LogP contribution in [0, 0.1) is 0 Å². The smallest absolute Gasteiger partial charge is 0.321 e. The number of aromatic nitrogens is 5. The van der Waals surface area contributed by atoms with Crippen molar-refractivity contribution in [2.45, 2.75) is 31.8 Å². The van der Waals surface area contributed by atoms with Gasteiger partial charge in [0.25, 0.3) is 0 Å². The van der Waals surface area contributed by atoms with E-state index in [1.165, 1.54) is 11.3 Å². The zero-order chi connectivity index (χ0) is 14.9. The first-order valence-corrected chi connectivity index (χ1v) is 8.64. The van der Waals surface area contributed by atoms with E-state index in [2.05, 4.69) is 31.1 Å².